The molecule has 0 fully saturated rings. The van der Waals surface area contributed by atoms with Gasteiger partial charge in [0.1, 0.15) is 23.3 Å². The van der Waals surface area contributed by atoms with Gasteiger partial charge in [-0.15, -0.1) is 0 Å². The van der Waals surface area contributed by atoms with Crippen molar-refractivity contribution in [2.75, 3.05) is 17.2 Å². The molecule has 0 saturated carbocycles. The van der Waals surface area contributed by atoms with Crippen molar-refractivity contribution in [2.24, 2.45) is 0 Å². The molecule has 0 amide bonds. The van der Waals surface area contributed by atoms with Crippen molar-refractivity contribution in [1.29, 1.82) is 0 Å². The third kappa shape index (κ3) is 4.04. The van der Waals surface area contributed by atoms with Crippen LogP contribution in [0.3, 0.4) is 0 Å². The number of aromatic nitrogens is 2. The van der Waals surface area contributed by atoms with Crippen molar-refractivity contribution in [3.63, 3.8) is 0 Å². The van der Waals surface area contributed by atoms with Crippen molar-refractivity contribution < 1.29 is 4.39 Å². The minimum atomic E-state index is -0.380. The number of hydrogen-bond donors (Lipinski definition) is 2. The van der Waals surface area contributed by atoms with Crippen LogP contribution in [0.25, 0.3) is 0 Å². The third-order valence-electron chi connectivity index (χ3n) is 2.81. The van der Waals surface area contributed by atoms with E-state index < -0.39 is 0 Å². The molecule has 1 aromatic heterocycles. The van der Waals surface area contributed by atoms with E-state index >= 15 is 0 Å². The summed E-state index contributed by atoms with van der Waals surface area (Å²) >= 11 is 5.89. The van der Waals surface area contributed by atoms with Gasteiger partial charge >= 0.3 is 0 Å². The quantitative estimate of drug-likeness (QED) is 0.849. The van der Waals surface area contributed by atoms with Crippen LogP contribution in [0.1, 0.15) is 32.5 Å². The van der Waals surface area contributed by atoms with Crippen LogP contribution in [-0.2, 0) is 0 Å². The van der Waals surface area contributed by atoms with E-state index in [1.165, 1.54) is 18.2 Å². The summed E-state index contributed by atoms with van der Waals surface area (Å²) in [7, 11) is 0. The highest BCUT2D eigenvalue weighted by atomic mass is 35.5. The van der Waals surface area contributed by atoms with Gasteiger partial charge in [-0.2, -0.15) is 0 Å². The molecule has 2 aromatic rings. The Bertz CT molecular complexity index is 631. The molecule has 0 unspecified atom stereocenters. The van der Waals surface area contributed by atoms with Crippen molar-refractivity contribution in [1.82, 2.24) is 9.97 Å². The maximum Gasteiger partial charge on any atom is 0.146 e. The van der Waals surface area contributed by atoms with Crippen molar-refractivity contribution in [2.45, 2.75) is 26.7 Å². The number of nitrogens with one attached hydrogen (secondary N) is 2. The average molecular weight is 309 g/mol. The number of rotatable bonds is 5. The van der Waals surface area contributed by atoms with Gasteiger partial charge in [0.05, 0.1) is 5.69 Å². The molecular weight excluding hydrogens is 291 g/mol. The summed E-state index contributed by atoms with van der Waals surface area (Å²) in [5, 5.41) is 6.56. The van der Waals surface area contributed by atoms with Gasteiger partial charge < -0.3 is 10.6 Å². The van der Waals surface area contributed by atoms with E-state index in [1.807, 2.05) is 20.8 Å². The Morgan fingerprint density at radius 2 is 1.90 bits per heavy atom. The predicted octanol–water partition coefficient (Wildman–Crippen LogP) is 4.57. The zero-order valence-electron chi connectivity index (χ0n) is 12.2. The first-order valence-electron chi connectivity index (χ1n) is 6.84. The summed E-state index contributed by atoms with van der Waals surface area (Å²) in [4.78, 5) is 8.83. The van der Waals surface area contributed by atoms with E-state index in [2.05, 4.69) is 20.6 Å². The molecule has 0 spiro atoms. The molecule has 1 aromatic carbocycles. The van der Waals surface area contributed by atoms with E-state index in [9.17, 15) is 4.39 Å². The number of benzene rings is 1. The summed E-state index contributed by atoms with van der Waals surface area (Å²) in [5.74, 6) is 1.73. The van der Waals surface area contributed by atoms with Gasteiger partial charge in [-0.25, -0.2) is 14.4 Å². The largest absolute Gasteiger partial charge is 0.370 e. The standard InChI is InChI=1S/C15H18ClFN4/c1-4-18-13-8-14(21-15(20-13)9(2)3)19-12-7-10(16)5-6-11(12)17/h5-9H,4H2,1-3H3,(H2,18,19,20,21). The van der Waals surface area contributed by atoms with Gasteiger partial charge in [0.2, 0.25) is 0 Å². The molecule has 112 valence electrons. The van der Waals surface area contributed by atoms with E-state index in [-0.39, 0.29) is 11.7 Å². The molecule has 0 aliphatic carbocycles. The SMILES string of the molecule is CCNc1cc(Nc2cc(Cl)ccc2F)nc(C(C)C)n1. The molecule has 21 heavy (non-hydrogen) atoms. The second kappa shape index (κ2) is 6.72. The molecule has 0 bridgehead atoms. The lowest BCUT2D eigenvalue weighted by Gasteiger charge is -2.13. The third-order valence-corrected chi connectivity index (χ3v) is 3.04. The van der Waals surface area contributed by atoms with Gasteiger partial charge in [0, 0.05) is 23.6 Å². The fraction of sp³-hybridized carbons (Fsp3) is 0.333. The zero-order valence-corrected chi connectivity index (χ0v) is 13.0. The maximum absolute atomic E-state index is 13.8. The first kappa shape index (κ1) is 15.5. The highest BCUT2D eigenvalue weighted by molar-refractivity contribution is 6.30. The number of halogens is 2. The van der Waals surface area contributed by atoms with Crippen molar-refractivity contribution in [3.05, 3.63) is 40.9 Å². The molecule has 1 heterocycles. The molecule has 0 saturated heterocycles. The fourth-order valence-corrected chi connectivity index (χ4v) is 1.96. The lowest BCUT2D eigenvalue weighted by atomic mass is 10.2. The van der Waals surface area contributed by atoms with Crippen molar-refractivity contribution in [3.8, 4) is 0 Å². The fourth-order valence-electron chi connectivity index (χ4n) is 1.79. The predicted molar refractivity (Wildman–Crippen MR) is 85.0 cm³/mol. The molecule has 0 atom stereocenters. The lowest BCUT2D eigenvalue weighted by Crippen LogP contribution is -2.07. The van der Waals surface area contributed by atoms with Crippen LogP contribution in [0.2, 0.25) is 5.02 Å². The molecule has 0 aliphatic rings. The molecule has 0 aliphatic heterocycles. The summed E-state index contributed by atoms with van der Waals surface area (Å²) in [6.45, 7) is 6.75. The summed E-state index contributed by atoms with van der Waals surface area (Å²) in [5.41, 5.74) is 0.290. The van der Waals surface area contributed by atoms with Gasteiger partial charge in [0.15, 0.2) is 0 Å². The van der Waals surface area contributed by atoms with Crippen LogP contribution in [-0.4, -0.2) is 16.5 Å². The normalized spacial score (nSPS) is 10.8. The van der Waals surface area contributed by atoms with E-state index in [0.29, 0.717) is 28.2 Å². The summed E-state index contributed by atoms with van der Waals surface area (Å²) in [6.07, 6.45) is 0. The Balaban J connectivity index is 2.36. The van der Waals surface area contributed by atoms with Crippen LogP contribution in [0.4, 0.5) is 21.7 Å². The second-order valence-corrected chi connectivity index (χ2v) is 5.37. The maximum atomic E-state index is 13.8. The average Bonchev–Trinajstić information content (AvgIpc) is 2.43. The van der Waals surface area contributed by atoms with Crippen LogP contribution >= 0.6 is 11.6 Å². The van der Waals surface area contributed by atoms with Crippen LogP contribution in [0.5, 0.6) is 0 Å². The summed E-state index contributed by atoms with van der Waals surface area (Å²) in [6, 6.07) is 6.10. The Hall–Kier alpha value is -1.88. The van der Waals surface area contributed by atoms with Gasteiger partial charge in [-0.1, -0.05) is 25.4 Å². The molecule has 0 radical (unpaired) electrons. The smallest absolute Gasteiger partial charge is 0.146 e. The monoisotopic (exact) mass is 308 g/mol. The molecular formula is C15H18ClFN4. The highest BCUT2D eigenvalue weighted by Gasteiger charge is 2.10. The summed E-state index contributed by atoms with van der Waals surface area (Å²) < 4.78 is 13.8. The van der Waals surface area contributed by atoms with E-state index in [4.69, 9.17) is 11.6 Å². The Kier molecular flexibility index (Phi) is 4.96. The Morgan fingerprint density at radius 3 is 2.57 bits per heavy atom. The van der Waals surface area contributed by atoms with Gasteiger partial charge in [-0.05, 0) is 25.1 Å². The van der Waals surface area contributed by atoms with Gasteiger partial charge in [0.25, 0.3) is 0 Å². The van der Waals surface area contributed by atoms with E-state index in [1.54, 1.807) is 6.07 Å². The molecule has 6 heteroatoms. The minimum Gasteiger partial charge on any atom is -0.370 e. The number of hydrogen-bond acceptors (Lipinski definition) is 4. The van der Waals surface area contributed by atoms with Gasteiger partial charge in [-0.3, -0.25) is 0 Å². The number of anilines is 3. The van der Waals surface area contributed by atoms with Crippen LogP contribution in [0, 0.1) is 5.82 Å². The Labute approximate surface area is 128 Å². The first-order valence-corrected chi connectivity index (χ1v) is 7.22. The highest BCUT2D eigenvalue weighted by Crippen LogP contribution is 2.24. The molecule has 2 N–H and O–H groups in total. The Morgan fingerprint density at radius 1 is 1.19 bits per heavy atom. The van der Waals surface area contributed by atoms with Crippen LogP contribution < -0.4 is 10.6 Å². The lowest BCUT2D eigenvalue weighted by molar-refractivity contribution is 0.631. The minimum absolute atomic E-state index is 0.174. The molecule has 4 nitrogen and oxygen atoms in total. The van der Waals surface area contributed by atoms with Crippen LogP contribution in [0.15, 0.2) is 24.3 Å². The number of nitrogens with zero attached hydrogens (tertiary/aromatic N) is 2. The first-order chi connectivity index (χ1) is 9.99. The van der Waals surface area contributed by atoms with Crippen molar-refractivity contribution >= 4 is 28.9 Å². The topological polar surface area (TPSA) is 49.8 Å². The molecule has 2 rings (SSSR count). The second-order valence-electron chi connectivity index (χ2n) is 4.93. The zero-order chi connectivity index (χ0) is 15.4. The van der Waals surface area contributed by atoms with E-state index in [0.717, 1.165) is 6.54 Å².